The number of aliphatic hydroxyl groups is 2. The summed E-state index contributed by atoms with van der Waals surface area (Å²) < 4.78 is 5.91. The van der Waals surface area contributed by atoms with Crippen LogP contribution in [0.1, 0.15) is 239 Å². The van der Waals surface area contributed by atoms with Crippen molar-refractivity contribution in [3.63, 3.8) is 0 Å². The number of carbonyl (C=O) groups excluding carboxylic acids is 2. The molecule has 0 saturated heterocycles. The van der Waals surface area contributed by atoms with Crippen LogP contribution in [0, 0.1) is 0 Å². The van der Waals surface area contributed by atoms with E-state index in [9.17, 15) is 19.8 Å². The molecule has 0 heterocycles. The zero-order valence-electron chi connectivity index (χ0n) is 40.0. The van der Waals surface area contributed by atoms with E-state index in [1.807, 2.05) is 0 Å². The maximum Gasteiger partial charge on any atom is 0.306 e. The lowest BCUT2D eigenvalue weighted by Gasteiger charge is -2.24. The number of esters is 1. The Labute approximate surface area is 377 Å². The van der Waals surface area contributed by atoms with Gasteiger partial charge in [-0.15, -0.1) is 0 Å². The minimum Gasteiger partial charge on any atom is -0.462 e. The summed E-state index contributed by atoms with van der Waals surface area (Å²) in [6.45, 7) is 6.32. The Morgan fingerprint density at radius 3 is 1.38 bits per heavy atom. The lowest BCUT2D eigenvalue weighted by Crippen LogP contribution is -2.46. The molecule has 0 aromatic rings. The van der Waals surface area contributed by atoms with Gasteiger partial charge in [-0.25, -0.2) is 0 Å². The molecule has 0 aliphatic carbocycles. The highest BCUT2D eigenvalue weighted by atomic mass is 16.5. The number of hydrogen-bond donors (Lipinski definition) is 3. The Hall–Kier alpha value is -2.70. The second-order valence-electron chi connectivity index (χ2n) is 17.2. The van der Waals surface area contributed by atoms with Gasteiger partial charge in [0.1, 0.15) is 6.10 Å². The van der Waals surface area contributed by atoms with Crippen LogP contribution in [0.4, 0.5) is 0 Å². The summed E-state index contributed by atoms with van der Waals surface area (Å²) in [6.07, 6.45) is 61.0. The van der Waals surface area contributed by atoms with Gasteiger partial charge >= 0.3 is 5.97 Å². The van der Waals surface area contributed by atoms with Crippen molar-refractivity contribution in [2.24, 2.45) is 0 Å². The van der Waals surface area contributed by atoms with E-state index < -0.39 is 18.2 Å². The maximum absolute atomic E-state index is 13.2. The van der Waals surface area contributed by atoms with Crippen LogP contribution < -0.4 is 5.32 Å². The van der Waals surface area contributed by atoms with Gasteiger partial charge in [-0.3, -0.25) is 9.59 Å². The Morgan fingerprint density at radius 1 is 0.492 bits per heavy atom. The van der Waals surface area contributed by atoms with Crippen LogP contribution in [0.25, 0.3) is 0 Å². The van der Waals surface area contributed by atoms with Crippen molar-refractivity contribution in [2.75, 3.05) is 6.61 Å². The van der Waals surface area contributed by atoms with E-state index >= 15 is 0 Å². The second-order valence-corrected chi connectivity index (χ2v) is 17.2. The standard InChI is InChI=1S/C55H97NO5/c1-4-7-10-13-16-19-22-24-26-27-28-30-33-36-39-42-45-48-55(60)61-51(46-43-40-37-34-32-29-25-23-20-17-14-11-8-5-2)49-54(59)56-52(50-57)53(58)47-44-41-38-35-31-21-18-15-12-9-6-3/h8,11,16-17,19-20,24-26,28-30,51-53,57-58H,4-7,9-10,12-15,18,21-23,27,31-50H2,1-3H3,(H,56,59)/b11-8+,19-16-,20-17+,26-24-,29-25+,30-28-. The first-order valence-electron chi connectivity index (χ1n) is 25.7. The first-order chi connectivity index (χ1) is 30.0. The number of rotatable bonds is 45. The minimum absolute atomic E-state index is 0.0508. The van der Waals surface area contributed by atoms with Gasteiger partial charge in [0, 0.05) is 6.42 Å². The monoisotopic (exact) mass is 852 g/mol. The minimum atomic E-state index is -0.800. The molecule has 0 aromatic carbocycles. The third-order valence-corrected chi connectivity index (χ3v) is 11.3. The van der Waals surface area contributed by atoms with Crippen molar-refractivity contribution >= 4 is 11.9 Å². The van der Waals surface area contributed by atoms with E-state index in [-0.39, 0.29) is 24.9 Å². The van der Waals surface area contributed by atoms with Crippen LogP contribution in [0.2, 0.25) is 0 Å². The molecule has 6 heteroatoms. The van der Waals surface area contributed by atoms with Crippen LogP contribution in [0.3, 0.4) is 0 Å². The van der Waals surface area contributed by atoms with Gasteiger partial charge in [0.15, 0.2) is 0 Å². The van der Waals surface area contributed by atoms with Crippen molar-refractivity contribution in [1.82, 2.24) is 5.32 Å². The number of hydrogen-bond acceptors (Lipinski definition) is 5. The number of amides is 1. The molecule has 0 aliphatic heterocycles. The Morgan fingerprint density at radius 2 is 0.885 bits per heavy atom. The summed E-state index contributed by atoms with van der Waals surface area (Å²) in [5, 5.41) is 23.7. The van der Waals surface area contributed by atoms with Crippen molar-refractivity contribution in [2.45, 2.75) is 257 Å². The highest BCUT2D eigenvalue weighted by molar-refractivity contribution is 5.77. The average Bonchev–Trinajstić information content (AvgIpc) is 3.25. The molecule has 0 bridgehead atoms. The summed E-state index contributed by atoms with van der Waals surface area (Å²) in [5.74, 6) is -0.523. The third-order valence-electron chi connectivity index (χ3n) is 11.3. The number of carbonyl (C=O) groups is 2. The van der Waals surface area contributed by atoms with E-state index in [1.54, 1.807) is 0 Å². The maximum atomic E-state index is 13.2. The number of aliphatic hydroxyl groups excluding tert-OH is 2. The molecular weight excluding hydrogens is 755 g/mol. The molecule has 3 atom stereocenters. The van der Waals surface area contributed by atoms with Crippen molar-refractivity contribution < 1.29 is 24.5 Å². The first kappa shape index (κ1) is 58.3. The fraction of sp³-hybridized carbons (Fsp3) is 0.745. The molecule has 3 N–H and O–H groups in total. The van der Waals surface area contributed by atoms with Gasteiger partial charge in [-0.2, -0.15) is 0 Å². The van der Waals surface area contributed by atoms with E-state index in [1.165, 1.54) is 77.0 Å². The van der Waals surface area contributed by atoms with E-state index in [0.29, 0.717) is 19.3 Å². The molecule has 0 aromatic heterocycles. The van der Waals surface area contributed by atoms with Crippen LogP contribution in [0.15, 0.2) is 72.9 Å². The summed E-state index contributed by atoms with van der Waals surface area (Å²) in [4.78, 5) is 26.1. The largest absolute Gasteiger partial charge is 0.462 e. The average molecular weight is 852 g/mol. The topological polar surface area (TPSA) is 95.9 Å². The molecule has 61 heavy (non-hydrogen) atoms. The van der Waals surface area contributed by atoms with Gasteiger partial charge in [0.25, 0.3) is 0 Å². The van der Waals surface area contributed by atoms with Gasteiger partial charge in [0.05, 0.1) is 25.2 Å². The molecular formula is C55H97NO5. The fourth-order valence-corrected chi connectivity index (χ4v) is 7.39. The molecule has 0 spiro atoms. The summed E-state index contributed by atoms with van der Waals surface area (Å²) >= 11 is 0. The molecule has 1 amide bonds. The van der Waals surface area contributed by atoms with Crippen molar-refractivity contribution in [1.29, 1.82) is 0 Å². The lowest BCUT2D eigenvalue weighted by molar-refractivity contribution is -0.151. The molecule has 352 valence electrons. The van der Waals surface area contributed by atoms with Gasteiger partial charge < -0.3 is 20.3 Å². The Balaban J connectivity index is 4.67. The molecule has 0 radical (unpaired) electrons. The summed E-state index contributed by atoms with van der Waals surface area (Å²) in [7, 11) is 0. The third kappa shape index (κ3) is 43.7. The first-order valence-corrected chi connectivity index (χ1v) is 25.7. The predicted octanol–water partition coefficient (Wildman–Crippen LogP) is 15.4. The Bertz CT molecular complexity index is 1140. The van der Waals surface area contributed by atoms with Gasteiger partial charge in [-0.05, 0) is 96.3 Å². The van der Waals surface area contributed by atoms with Crippen molar-refractivity contribution in [3.8, 4) is 0 Å². The van der Waals surface area contributed by atoms with Gasteiger partial charge in [-0.1, -0.05) is 203 Å². The molecule has 3 unspecified atom stereocenters. The Kier molecular flexibility index (Phi) is 46.2. The number of unbranched alkanes of at least 4 members (excludes halogenated alkanes) is 21. The zero-order chi connectivity index (χ0) is 44.5. The zero-order valence-corrected chi connectivity index (χ0v) is 40.0. The second kappa shape index (κ2) is 48.3. The van der Waals surface area contributed by atoms with Crippen LogP contribution in [-0.2, 0) is 14.3 Å². The lowest BCUT2D eigenvalue weighted by atomic mass is 10.0. The summed E-state index contributed by atoms with van der Waals surface area (Å²) in [6, 6.07) is -0.716. The number of nitrogens with one attached hydrogen (secondary N) is 1. The smallest absolute Gasteiger partial charge is 0.306 e. The van der Waals surface area contributed by atoms with Crippen molar-refractivity contribution in [3.05, 3.63) is 72.9 Å². The summed E-state index contributed by atoms with van der Waals surface area (Å²) in [5.41, 5.74) is 0. The van der Waals surface area contributed by atoms with Crippen LogP contribution >= 0.6 is 0 Å². The van der Waals surface area contributed by atoms with E-state index in [2.05, 4.69) is 99.0 Å². The molecule has 0 fully saturated rings. The molecule has 6 nitrogen and oxygen atoms in total. The SMILES string of the molecule is CC/C=C/C/C=C/C/C=C/CCCCCCC(CC(=O)NC(CO)C(O)CCCCCCCCCCCCC)OC(=O)CCCCCC/C=C\C/C=C\C/C=C\CCCCC. The number of ether oxygens (including phenoxy) is 1. The predicted molar refractivity (Wildman–Crippen MR) is 264 cm³/mol. The van der Waals surface area contributed by atoms with Crippen LogP contribution in [0.5, 0.6) is 0 Å². The van der Waals surface area contributed by atoms with Crippen LogP contribution in [-0.4, -0.2) is 46.9 Å². The molecule has 0 aliphatic rings. The number of allylic oxidation sites excluding steroid dienone is 12. The highest BCUT2D eigenvalue weighted by Crippen LogP contribution is 2.17. The quantitative estimate of drug-likeness (QED) is 0.0322. The highest BCUT2D eigenvalue weighted by Gasteiger charge is 2.24. The van der Waals surface area contributed by atoms with E-state index in [0.717, 1.165) is 116 Å². The molecule has 0 saturated carbocycles. The van der Waals surface area contributed by atoms with E-state index in [4.69, 9.17) is 4.74 Å². The fourth-order valence-electron chi connectivity index (χ4n) is 7.39. The molecule has 0 rings (SSSR count). The van der Waals surface area contributed by atoms with Gasteiger partial charge in [0.2, 0.25) is 5.91 Å². The normalized spacial score (nSPS) is 13.9.